The van der Waals surface area contributed by atoms with Crippen molar-refractivity contribution >= 4 is 17.5 Å². The van der Waals surface area contributed by atoms with Gasteiger partial charge in [0.15, 0.2) is 0 Å². The fourth-order valence-electron chi connectivity index (χ4n) is 3.10. The number of alkyl halides is 3. The fraction of sp³-hybridized carbons (Fsp3) is 0.529. The zero-order chi connectivity index (χ0) is 17.9. The molecule has 0 unspecified atom stereocenters. The number of benzene rings is 1. The van der Waals surface area contributed by atoms with Crippen LogP contribution in [-0.4, -0.2) is 25.0 Å². The molecule has 0 aromatic heterocycles. The van der Waals surface area contributed by atoms with Crippen molar-refractivity contribution < 1.29 is 22.8 Å². The zero-order valence-corrected chi connectivity index (χ0v) is 13.7. The van der Waals surface area contributed by atoms with E-state index in [0.717, 1.165) is 0 Å². The molecule has 0 bridgehead atoms. The Morgan fingerprint density at radius 2 is 1.83 bits per heavy atom. The molecule has 2 amide bonds. The molecular weight excluding hydrogens is 321 g/mol. The van der Waals surface area contributed by atoms with E-state index in [-0.39, 0.29) is 18.7 Å². The van der Waals surface area contributed by atoms with Crippen LogP contribution in [0.25, 0.3) is 0 Å². The van der Waals surface area contributed by atoms with Gasteiger partial charge in [-0.05, 0) is 37.5 Å². The molecule has 1 saturated carbocycles. The van der Waals surface area contributed by atoms with Crippen molar-refractivity contribution in [1.82, 2.24) is 5.32 Å². The highest BCUT2D eigenvalue weighted by molar-refractivity contribution is 5.98. The third kappa shape index (κ3) is 4.07. The average molecular weight is 342 g/mol. The van der Waals surface area contributed by atoms with E-state index >= 15 is 0 Å². The molecule has 0 heterocycles. The summed E-state index contributed by atoms with van der Waals surface area (Å²) in [7, 11) is 1.48. The van der Waals surface area contributed by atoms with Crippen molar-refractivity contribution in [3.05, 3.63) is 29.3 Å². The highest BCUT2D eigenvalue weighted by atomic mass is 19.4. The van der Waals surface area contributed by atoms with Crippen molar-refractivity contribution in [2.24, 2.45) is 11.8 Å². The highest BCUT2D eigenvalue weighted by Gasteiger charge is 2.48. The van der Waals surface area contributed by atoms with Crippen LogP contribution in [0.4, 0.5) is 18.9 Å². The Hall–Kier alpha value is -2.05. The summed E-state index contributed by atoms with van der Waals surface area (Å²) in [6, 6.07) is 4.74. The first kappa shape index (κ1) is 18.3. The number of aryl methyl sites for hydroxylation is 1. The summed E-state index contributed by atoms with van der Waals surface area (Å²) in [4.78, 5) is 24.1. The van der Waals surface area contributed by atoms with E-state index in [9.17, 15) is 22.8 Å². The van der Waals surface area contributed by atoms with Crippen LogP contribution in [0.3, 0.4) is 0 Å². The van der Waals surface area contributed by atoms with Gasteiger partial charge in [-0.25, -0.2) is 0 Å². The minimum Gasteiger partial charge on any atom is -0.355 e. The summed E-state index contributed by atoms with van der Waals surface area (Å²) in [5.41, 5.74) is 1.40. The third-order valence-electron chi connectivity index (χ3n) is 4.51. The third-order valence-corrected chi connectivity index (χ3v) is 4.51. The second-order valence-corrected chi connectivity index (χ2v) is 6.14. The van der Waals surface area contributed by atoms with E-state index in [4.69, 9.17) is 0 Å². The number of amides is 2. The number of hydrogen-bond donors (Lipinski definition) is 2. The van der Waals surface area contributed by atoms with Crippen LogP contribution < -0.4 is 10.6 Å². The predicted octanol–water partition coefficient (Wildman–Crippen LogP) is 3.66. The van der Waals surface area contributed by atoms with Crippen LogP contribution in [0.1, 0.15) is 41.6 Å². The highest BCUT2D eigenvalue weighted by Crippen LogP contribution is 2.42. The van der Waals surface area contributed by atoms with Gasteiger partial charge in [0.2, 0.25) is 5.91 Å². The Morgan fingerprint density at radius 1 is 1.17 bits per heavy atom. The average Bonchev–Trinajstić information content (AvgIpc) is 2.55. The molecular formula is C17H21F3N2O2. The molecule has 1 aromatic carbocycles. The molecule has 0 saturated heterocycles. The van der Waals surface area contributed by atoms with Gasteiger partial charge in [0.1, 0.15) is 0 Å². The van der Waals surface area contributed by atoms with Crippen LogP contribution in [0.5, 0.6) is 0 Å². The van der Waals surface area contributed by atoms with E-state index in [1.807, 2.05) is 0 Å². The Labute approximate surface area is 138 Å². The van der Waals surface area contributed by atoms with Gasteiger partial charge in [-0.3, -0.25) is 9.59 Å². The molecule has 0 spiro atoms. The SMILES string of the molecule is CNC(=O)c1ccc(C)c(NC(=O)[C@H]2CCCC[C@@H]2C(F)(F)F)c1. The van der Waals surface area contributed by atoms with Crippen molar-refractivity contribution in [3.8, 4) is 0 Å². The van der Waals surface area contributed by atoms with E-state index in [0.29, 0.717) is 29.7 Å². The summed E-state index contributed by atoms with van der Waals surface area (Å²) < 4.78 is 39.5. The van der Waals surface area contributed by atoms with E-state index in [1.165, 1.54) is 13.1 Å². The van der Waals surface area contributed by atoms with Crippen molar-refractivity contribution in [3.63, 3.8) is 0 Å². The van der Waals surface area contributed by atoms with E-state index < -0.39 is 23.9 Å². The summed E-state index contributed by atoms with van der Waals surface area (Å²) in [5, 5.41) is 5.05. The predicted molar refractivity (Wildman–Crippen MR) is 84.7 cm³/mol. The molecule has 7 heteroatoms. The van der Waals surface area contributed by atoms with Crippen LogP contribution in [0.15, 0.2) is 18.2 Å². The molecule has 0 radical (unpaired) electrons. The van der Waals surface area contributed by atoms with E-state index in [1.54, 1.807) is 19.1 Å². The first-order valence-corrected chi connectivity index (χ1v) is 7.94. The number of anilines is 1. The lowest BCUT2D eigenvalue weighted by atomic mass is 9.78. The smallest absolute Gasteiger partial charge is 0.355 e. The number of nitrogens with one attached hydrogen (secondary N) is 2. The number of carbonyl (C=O) groups is 2. The normalized spacial score (nSPS) is 21.2. The lowest BCUT2D eigenvalue weighted by Crippen LogP contribution is -2.39. The second-order valence-electron chi connectivity index (χ2n) is 6.14. The maximum atomic E-state index is 13.2. The minimum absolute atomic E-state index is 0.0150. The molecule has 24 heavy (non-hydrogen) atoms. The summed E-state index contributed by atoms with van der Waals surface area (Å²) in [6.45, 7) is 1.73. The number of carbonyl (C=O) groups excluding carboxylic acids is 2. The molecule has 1 aromatic rings. The number of hydrogen-bond acceptors (Lipinski definition) is 2. The lowest BCUT2D eigenvalue weighted by Gasteiger charge is -2.32. The van der Waals surface area contributed by atoms with Crippen LogP contribution >= 0.6 is 0 Å². The maximum absolute atomic E-state index is 13.2. The fourth-order valence-corrected chi connectivity index (χ4v) is 3.10. The lowest BCUT2D eigenvalue weighted by molar-refractivity contribution is -0.197. The molecule has 1 aliphatic rings. The van der Waals surface area contributed by atoms with Crippen molar-refractivity contribution in [2.45, 2.75) is 38.8 Å². The van der Waals surface area contributed by atoms with Gasteiger partial charge in [-0.15, -0.1) is 0 Å². The quantitative estimate of drug-likeness (QED) is 0.881. The second kappa shape index (κ2) is 7.23. The summed E-state index contributed by atoms with van der Waals surface area (Å²) in [5.74, 6) is -3.64. The van der Waals surface area contributed by atoms with Crippen LogP contribution in [-0.2, 0) is 4.79 Å². The van der Waals surface area contributed by atoms with Crippen molar-refractivity contribution in [2.75, 3.05) is 12.4 Å². The number of rotatable bonds is 3. The van der Waals surface area contributed by atoms with E-state index in [2.05, 4.69) is 10.6 Å². The van der Waals surface area contributed by atoms with Gasteiger partial charge in [0.25, 0.3) is 5.91 Å². The van der Waals surface area contributed by atoms with Crippen molar-refractivity contribution in [1.29, 1.82) is 0 Å². The molecule has 2 atom stereocenters. The molecule has 4 nitrogen and oxygen atoms in total. The summed E-state index contributed by atoms with van der Waals surface area (Å²) in [6.07, 6.45) is -3.06. The standard InChI is InChI=1S/C17H21F3N2O2/c1-10-7-8-11(15(23)21-2)9-14(10)22-16(24)12-5-3-4-6-13(12)17(18,19)20/h7-9,12-13H,3-6H2,1-2H3,(H,21,23)(H,22,24)/t12-,13-/m0/s1. The largest absolute Gasteiger partial charge is 0.392 e. The minimum atomic E-state index is -4.37. The topological polar surface area (TPSA) is 58.2 Å². The Kier molecular flexibility index (Phi) is 5.51. The van der Waals surface area contributed by atoms with Gasteiger partial charge in [0.05, 0.1) is 5.92 Å². The molecule has 2 N–H and O–H groups in total. The van der Waals surface area contributed by atoms with Gasteiger partial charge >= 0.3 is 6.18 Å². The molecule has 1 aliphatic carbocycles. The maximum Gasteiger partial charge on any atom is 0.392 e. The first-order valence-electron chi connectivity index (χ1n) is 7.94. The van der Waals surface area contributed by atoms with Gasteiger partial charge in [-0.1, -0.05) is 18.9 Å². The molecule has 0 aliphatic heterocycles. The van der Waals surface area contributed by atoms with Crippen LogP contribution in [0, 0.1) is 18.8 Å². The van der Waals surface area contributed by atoms with Crippen LogP contribution in [0.2, 0.25) is 0 Å². The molecule has 1 fully saturated rings. The zero-order valence-electron chi connectivity index (χ0n) is 13.7. The van der Waals surface area contributed by atoms with Gasteiger partial charge in [-0.2, -0.15) is 13.2 Å². The van der Waals surface area contributed by atoms with Gasteiger partial charge in [0, 0.05) is 24.2 Å². The monoisotopic (exact) mass is 342 g/mol. The number of halogens is 3. The Bertz CT molecular complexity index is 629. The Balaban J connectivity index is 2.20. The first-order chi connectivity index (χ1) is 11.2. The van der Waals surface area contributed by atoms with Gasteiger partial charge < -0.3 is 10.6 Å². The Morgan fingerprint density at radius 3 is 2.46 bits per heavy atom. The summed E-state index contributed by atoms with van der Waals surface area (Å²) >= 11 is 0. The molecule has 132 valence electrons. The molecule has 2 rings (SSSR count).